The maximum absolute atomic E-state index is 12.7. The van der Waals surface area contributed by atoms with Crippen molar-refractivity contribution in [1.29, 1.82) is 0 Å². The third-order valence-electron chi connectivity index (χ3n) is 4.21. The molecule has 8 heteroatoms. The van der Waals surface area contributed by atoms with E-state index in [-0.39, 0.29) is 11.9 Å². The predicted molar refractivity (Wildman–Crippen MR) is 103 cm³/mol. The summed E-state index contributed by atoms with van der Waals surface area (Å²) < 4.78 is 6.79. The Morgan fingerprint density at radius 3 is 2.93 bits per heavy atom. The van der Waals surface area contributed by atoms with Crippen LogP contribution in [0.2, 0.25) is 0 Å². The number of carbonyl (C=O) groups excluding carboxylic acids is 2. The van der Waals surface area contributed by atoms with Gasteiger partial charge in [-0.2, -0.15) is 4.57 Å². The number of aliphatic imine (C=N–C) groups is 1. The molecule has 0 saturated heterocycles. The summed E-state index contributed by atoms with van der Waals surface area (Å²) in [5.41, 5.74) is 1.57. The molecule has 1 aliphatic carbocycles. The van der Waals surface area contributed by atoms with Gasteiger partial charge < -0.3 is 10.1 Å². The molecule has 0 amide bonds. The number of ether oxygens (including phenoxy) is 1. The molecular formula is C19H14BrN4O3+. The normalized spacial score (nSPS) is 17.0. The van der Waals surface area contributed by atoms with Crippen LogP contribution in [0, 0.1) is 5.92 Å². The lowest BCUT2D eigenvalue weighted by Gasteiger charge is -2.16. The highest BCUT2D eigenvalue weighted by molar-refractivity contribution is 9.10. The Labute approximate surface area is 163 Å². The fourth-order valence-corrected chi connectivity index (χ4v) is 3.28. The van der Waals surface area contributed by atoms with Gasteiger partial charge in [0, 0.05) is 0 Å². The van der Waals surface area contributed by atoms with Crippen molar-refractivity contribution in [1.82, 2.24) is 4.98 Å². The second kappa shape index (κ2) is 6.88. The minimum atomic E-state index is -0.459. The first kappa shape index (κ1) is 17.3. The number of benzene rings is 1. The molecular weight excluding hydrogens is 412 g/mol. The van der Waals surface area contributed by atoms with E-state index >= 15 is 0 Å². The zero-order chi connectivity index (χ0) is 19.0. The van der Waals surface area contributed by atoms with Gasteiger partial charge in [-0.15, -0.1) is 0 Å². The number of rotatable bonds is 3. The first-order valence-electron chi connectivity index (χ1n) is 8.12. The van der Waals surface area contributed by atoms with Crippen LogP contribution in [-0.4, -0.2) is 29.7 Å². The number of fused-ring (bicyclic) bond motifs is 2. The number of aromatic nitrogens is 2. The molecule has 134 valence electrons. The largest absolute Gasteiger partial charge is 0.465 e. The Morgan fingerprint density at radius 2 is 2.11 bits per heavy atom. The minimum absolute atomic E-state index is 0.120. The van der Waals surface area contributed by atoms with E-state index in [1.165, 1.54) is 11.7 Å². The van der Waals surface area contributed by atoms with Gasteiger partial charge in [0.1, 0.15) is 16.1 Å². The maximum Gasteiger partial charge on any atom is 0.442 e. The van der Waals surface area contributed by atoms with Crippen LogP contribution in [0.15, 0.2) is 64.2 Å². The lowest BCUT2D eigenvalue weighted by molar-refractivity contribution is -0.566. The van der Waals surface area contributed by atoms with Gasteiger partial charge in [0.25, 0.3) is 0 Å². The van der Waals surface area contributed by atoms with Crippen LogP contribution in [0.25, 0.3) is 0 Å². The number of halogens is 1. The zero-order valence-corrected chi connectivity index (χ0v) is 15.8. The van der Waals surface area contributed by atoms with E-state index in [4.69, 9.17) is 4.74 Å². The molecule has 1 atom stereocenters. The smallest absolute Gasteiger partial charge is 0.442 e. The quantitative estimate of drug-likeness (QED) is 0.602. The monoisotopic (exact) mass is 425 g/mol. The molecule has 1 N–H and O–H groups in total. The number of anilines is 2. The molecule has 7 nitrogen and oxygen atoms in total. The second-order valence-electron chi connectivity index (χ2n) is 5.87. The van der Waals surface area contributed by atoms with Crippen molar-refractivity contribution in [3.8, 4) is 0 Å². The first-order valence-corrected chi connectivity index (χ1v) is 8.92. The van der Waals surface area contributed by atoms with Crippen molar-refractivity contribution < 1.29 is 18.9 Å². The van der Waals surface area contributed by atoms with E-state index in [9.17, 15) is 9.59 Å². The summed E-state index contributed by atoms with van der Waals surface area (Å²) in [7, 11) is 1.33. The van der Waals surface area contributed by atoms with Gasteiger partial charge in [-0.3, -0.25) is 4.79 Å². The van der Waals surface area contributed by atoms with Crippen molar-refractivity contribution in [2.45, 2.75) is 0 Å². The Balaban J connectivity index is 1.75. The third kappa shape index (κ3) is 3.08. The molecule has 0 spiro atoms. The van der Waals surface area contributed by atoms with Crippen LogP contribution in [0.4, 0.5) is 17.5 Å². The number of esters is 1. The van der Waals surface area contributed by atoms with Gasteiger partial charge in [0.05, 0.1) is 24.6 Å². The summed E-state index contributed by atoms with van der Waals surface area (Å²) in [5.74, 6) is -0.277. The molecule has 0 saturated carbocycles. The van der Waals surface area contributed by atoms with Gasteiger partial charge in [0.2, 0.25) is 5.82 Å². The Hall–Kier alpha value is -3.13. The summed E-state index contributed by atoms with van der Waals surface area (Å²) in [6, 6.07) is 6.94. The average molecular weight is 426 g/mol. The number of methoxy groups -OCH3 is 1. The standard InChI is InChI=1S/C19H13BrN4O3/c1-27-18(26)12-7-3-5-9-15(12)21-16-13(20)10-24-17(25)11-6-2-4-8-14(11)22-19(24)23-16/h2-11H,1H3/p+1. The number of hydrogen-bond acceptors (Lipinski definition) is 6. The first-order chi connectivity index (χ1) is 13.1. The summed E-state index contributed by atoms with van der Waals surface area (Å²) in [5, 5.41) is 3.11. The molecule has 0 bridgehead atoms. The van der Waals surface area contributed by atoms with Crippen LogP contribution < -0.4 is 9.88 Å². The van der Waals surface area contributed by atoms with E-state index in [0.717, 1.165) is 0 Å². The molecule has 1 unspecified atom stereocenters. The molecule has 1 aromatic carbocycles. The van der Waals surface area contributed by atoms with E-state index < -0.39 is 11.9 Å². The average Bonchev–Trinajstić information content (AvgIpc) is 2.69. The third-order valence-corrected chi connectivity index (χ3v) is 4.79. The zero-order valence-electron chi connectivity index (χ0n) is 14.2. The van der Waals surface area contributed by atoms with Gasteiger partial charge >= 0.3 is 17.8 Å². The van der Waals surface area contributed by atoms with Crippen molar-refractivity contribution in [3.05, 3.63) is 64.8 Å². The lowest BCUT2D eigenvalue weighted by Crippen LogP contribution is -2.51. The number of nitrogens with one attached hydrogen (secondary N) is 1. The molecule has 1 aliphatic heterocycles. The van der Waals surface area contributed by atoms with Gasteiger partial charge in [-0.05, 0) is 39.1 Å². The molecule has 4 rings (SSSR count). The molecule has 2 aliphatic rings. The van der Waals surface area contributed by atoms with Gasteiger partial charge in [-0.1, -0.05) is 35.4 Å². The fourth-order valence-electron chi connectivity index (χ4n) is 2.89. The van der Waals surface area contributed by atoms with Gasteiger partial charge in [0.15, 0.2) is 0 Å². The molecule has 0 fully saturated rings. The van der Waals surface area contributed by atoms with Crippen LogP contribution in [0.1, 0.15) is 15.2 Å². The highest BCUT2D eigenvalue weighted by Crippen LogP contribution is 2.28. The highest BCUT2D eigenvalue weighted by Gasteiger charge is 2.37. The van der Waals surface area contributed by atoms with Crippen LogP contribution in [0.3, 0.4) is 0 Å². The highest BCUT2D eigenvalue weighted by atomic mass is 79.9. The summed E-state index contributed by atoms with van der Waals surface area (Å²) in [4.78, 5) is 33.6. The molecule has 2 heterocycles. The van der Waals surface area contributed by atoms with Crippen LogP contribution >= 0.6 is 15.9 Å². The van der Waals surface area contributed by atoms with Crippen molar-refractivity contribution >= 4 is 51.0 Å². The molecule has 2 aromatic rings. The number of nitrogens with zero attached hydrogens (tertiary/aromatic N) is 3. The van der Waals surface area contributed by atoms with E-state index in [1.54, 1.807) is 36.5 Å². The number of carbonyl (C=O) groups is 2. The van der Waals surface area contributed by atoms with Gasteiger partial charge in [-0.25, -0.2) is 4.79 Å². The Kier molecular flexibility index (Phi) is 4.41. The fraction of sp³-hybridized carbons (Fsp3) is 0.105. The summed E-state index contributed by atoms with van der Waals surface area (Å²) >= 11 is 3.43. The maximum atomic E-state index is 12.7. The SMILES string of the molecule is COC(=O)c1ccccc1Nc1nc2[n+](cc1Br)C(=O)C1C=CC=CC1=N2. The number of para-hydroxylation sites is 1. The Morgan fingerprint density at radius 1 is 1.30 bits per heavy atom. The van der Waals surface area contributed by atoms with E-state index in [1.807, 2.05) is 18.2 Å². The van der Waals surface area contributed by atoms with Crippen LogP contribution in [0.5, 0.6) is 0 Å². The molecule has 27 heavy (non-hydrogen) atoms. The van der Waals surface area contributed by atoms with Crippen molar-refractivity contribution in [2.24, 2.45) is 10.9 Å². The van der Waals surface area contributed by atoms with E-state index in [2.05, 4.69) is 31.2 Å². The minimum Gasteiger partial charge on any atom is -0.465 e. The summed E-state index contributed by atoms with van der Waals surface area (Å²) in [6.07, 6.45) is 8.90. The Bertz CT molecular complexity index is 1060. The van der Waals surface area contributed by atoms with E-state index in [0.29, 0.717) is 27.3 Å². The van der Waals surface area contributed by atoms with Crippen molar-refractivity contribution in [3.63, 3.8) is 0 Å². The predicted octanol–water partition coefficient (Wildman–Crippen LogP) is 3.13. The summed E-state index contributed by atoms with van der Waals surface area (Å²) in [6.45, 7) is 0. The lowest BCUT2D eigenvalue weighted by atomic mass is 9.96. The molecule has 1 aromatic heterocycles. The second-order valence-corrected chi connectivity index (χ2v) is 6.72. The topological polar surface area (TPSA) is 84.5 Å². The molecule has 0 radical (unpaired) electrons. The number of hydrogen-bond donors (Lipinski definition) is 1. The van der Waals surface area contributed by atoms with Crippen molar-refractivity contribution in [2.75, 3.05) is 12.4 Å². The number of allylic oxidation sites excluding steroid dienone is 4. The van der Waals surface area contributed by atoms with Crippen LogP contribution in [-0.2, 0) is 4.74 Å².